The molecular weight excluding hydrogens is 384 g/mol. The molecule has 0 radical (unpaired) electrons. The Morgan fingerprint density at radius 2 is 2.08 bits per heavy atom. The highest BCUT2D eigenvalue weighted by molar-refractivity contribution is 9.10. The number of methoxy groups -OCH3 is 1. The molecule has 5 nitrogen and oxygen atoms in total. The molecule has 0 aliphatic carbocycles. The third kappa shape index (κ3) is 4.44. The summed E-state index contributed by atoms with van der Waals surface area (Å²) in [5.74, 6) is 0.727. The van der Waals surface area contributed by atoms with Crippen LogP contribution in [0.5, 0.6) is 5.75 Å². The van der Waals surface area contributed by atoms with Crippen molar-refractivity contribution in [3.05, 3.63) is 52.4 Å². The Bertz CT molecular complexity index is 710. The van der Waals surface area contributed by atoms with Crippen LogP contribution in [0.2, 0.25) is 0 Å². The van der Waals surface area contributed by atoms with Crippen molar-refractivity contribution >= 4 is 21.8 Å². The molecule has 1 amide bonds. The number of halogens is 1. The third-order valence-electron chi connectivity index (χ3n) is 4.61. The summed E-state index contributed by atoms with van der Waals surface area (Å²) in [5, 5.41) is 3.04. The van der Waals surface area contributed by atoms with E-state index in [1.54, 1.807) is 13.2 Å². The van der Waals surface area contributed by atoms with Gasteiger partial charge in [0.2, 0.25) is 0 Å². The van der Waals surface area contributed by atoms with E-state index >= 15 is 0 Å². The summed E-state index contributed by atoms with van der Waals surface area (Å²) in [7, 11) is 1.69. The van der Waals surface area contributed by atoms with Gasteiger partial charge in [-0.2, -0.15) is 0 Å². The van der Waals surface area contributed by atoms with Gasteiger partial charge in [0.25, 0.3) is 5.91 Å². The molecule has 1 aromatic heterocycles. The summed E-state index contributed by atoms with van der Waals surface area (Å²) in [5.41, 5.74) is 1.63. The van der Waals surface area contributed by atoms with Crippen molar-refractivity contribution in [2.24, 2.45) is 0 Å². The maximum Gasteiger partial charge on any atom is 0.254 e. The number of nitrogens with one attached hydrogen (secondary N) is 1. The minimum absolute atomic E-state index is 0.0933. The van der Waals surface area contributed by atoms with E-state index < -0.39 is 0 Å². The molecule has 0 saturated carbocycles. The lowest BCUT2D eigenvalue weighted by Gasteiger charge is -2.35. The Balaban J connectivity index is 1.77. The maximum atomic E-state index is 12.4. The van der Waals surface area contributed by atoms with Crippen LogP contribution in [0.4, 0.5) is 0 Å². The lowest BCUT2D eigenvalue weighted by Crippen LogP contribution is -2.40. The fourth-order valence-electron chi connectivity index (χ4n) is 3.33. The molecule has 1 N–H and O–H groups in total. The van der Waals surface area contributed by atoms with E-state index in [4.69, 9.17) is 9.15 Å². The number of ether oxygens (including phenoxy) is 1. The van der Waals surface area contributed by atoms with Crippen LogP contribution in [0.3, 0.4) is 0 Å². The highest BCUT2D eigenvalue weighted by Crippen LogP contribution is 2.31. The van der Waals surface area contributed by atoms with Gasteiger partial charge < -0.3 is 14.5 Å². The molecule has 1 aromatic carbocycles. The highest BCUT2D eigenvalue weighted by atomic mass is 79.9. The number of piperidine rings is 1. The van der Waals surface area contributed by atoms with Crippen molar-refractivity contribution in [1.82, 2.24) is 10.2 Å². The molecule has 1 atom stereocenters. The summed E-state index contributed by atoms with van der Waals surface area (Å²) in [4.78, 5) is 14.8. The standard InChI is InChI=1S/C19H23BrN2O3/c1-24-17-8-4-3-7-15(17)16(22-9-5-2-6-10-22)12-21-19(23)14-11-18(20)25-13-14/h3-4,7-8,11,13,16H,2,5-6,9-10,12H2,1H3,(H,21,23). The zero-order valence-corrected chi connectivity index (χ0v) is 15.9. The normalized spacial score (nSPS) is 16.4. The van der Waals surface area contributed by atoms with E-state index in [2.05, 4.69) is 32.2 Å². The number of nitrogens with zero attached hydrogens (tertiary/aromatic N) is 1. The van der Waals surface area contributed by atoms with Gasteiger partial charge in [-0.05, 0) is 47.9 Å². The zero-order chi connectivity index (χ0) is 17.6. The van der Waals surface area contributed by atoms with E-state index in [1.165, 1.54) is 25.5 Å². The summed E-state index contributed by atoms with van der Waals surface area (Å²) >= 11 is 3.23. The second kappa shape index (κ2) is 8.54. The SMILES string of the molecule is COc1ccccc1C(CNC(=O)c1coc(Br)c1)N1CCCCC1. The quantitative estimate of drug-likeness (QED) is 0.787. The third-order valence-corrected chi connectivity index (χ3v) is 5.03. The van der Waals surface area contributed by atoms with Crippen molar-refractivity contribution in [1.29, 1.82) is 0 Å². The molecule has 6 heteroatoms. The van der Waals surface area contributed by atoms with Gasteiger partial charge >= 0.3 is 0 Å². The van der Waals surface area contributed by atoms with Crippen LogP contribution in [-0.2, 0) is 0 Å². The lowest BCUT2D eigenvalue weighted by atomic mass is 10.0. The smallest absolute Gasteiger partial charge is 0.254 e. The van der Waals surface area contributed by atoms with E-state index in [0.717, 1.165) is 24.4 Å². The lowest BCUT2D eigenvalue weighted by molar-refractivity contribution is 0.0922. The fraction of sp³-hybridized carbons (Fsp3) is 0.421. The minimum Gasteiger partial charge on any atom is -0.496 e. The molecular formula is C19H23BrN2O3. The first kappa shape index (κ1) is 18.0. The number of furan rings is 1. The predicted molar refractivity (Wildman–Crippen MR) is 99.9 cm³/mol. The largest absolute Gasteiger partial charge is 0.496 e. The fourth-order valence-corrected chi connectivity index (χ4v) is 3.67. The average Bonchev–Trinajstić information content (AvgIpc) is 3.09. The van der Waals surface area contributed by atoms with E-state index in [1.807, 2.05) is 18.2 Å². The number of amides is 1. The van der Waals surface area contributed by atoms with Crippen LogP contribution in [0.15, 0.2) is 45.7 Å². The molecule has 0 bridgehead atoms. The highest BCUT2D eigenvalue weighted by Gasteiger charge is 2.25. The first-order chi connectivity index (χ1) is 12.2. The number of hydrogen-bond donors (Lipinski definition) is 1. The molecule has 2 aromatic rings. The van der Waals surface area contributed by atoms with Crippen molar-refractivity contribution < 1.29 is 13.9 Å². The molecule has 1 saturated heterocycles. The number of carbonyl (C=O) groups is 1. The summed E-state index contributed by atoms with van der Waals surface area (Å²) in [6.45, 7) is 2.60. The monoisotopic (exact) mass is 406 g/mol. The molecule has 25 heavy (non-hydrogen) atoms. The molecule has 0 spiro atoms. The maximum absolute atomic E-state index is 12.4. The first-order valence-electron chi connectivity index (χ1n) is 8.58. The minimum atomic E-state index is -0.133. The number of benzene rings is 1. The number of carbonyl (C=O) groups excluding carboxylic acids is 1. The van der Waals surface area contributed by atoms with Gasteiger partial charge in [0, 0.05) is 18.2 Å². The second-order valence-corrected chi connectivity index (χ2v) is 6.99. The van der Waals surface area contributed by atoms with E-state index in [0.29, 0.717) is 16.8 Å². The van der Waals surface area contributed by atoms with Crippen LogP contribution < -0.4 is 10.1 Å². The van der Waals surface area contributed by atoms with Gasteiger partial charge in [0.15, 0.2) is 4.67 Å². The Morgan fingerprint density at radius 1 is 1.32 bits per heavy atom. The van der Waals surface area contributed by atoms with Crippen molar-refractivity contribution in [2.45, 2.75) is 25.3 Å². The number of para-hydroxylation sites is 1. The van der Waals surface area contributed by atoms with Gasteiger partial charge in [-0.15, -0.1) is 0 Å². The summed E-state index contributed by atoms with van der Waals surface area (Å²) < 4.78 is 11.3. The average molecular weight is 407 g/mol. The Morgan fingerprint density at radius 3 is 2.76 bits per heavy atom. The molecule has 134 valence electrons. The zero-order valence-electron chi connectivity index (χ0n) is 14.3. The van der Waals surface area contributed by atoms with Gasteiger partial charge in [0.1, 0.15) is 12.0 Å². The molecule has 1 fully saturated rings. The Hall–Kier alpha value is -1.79. The predicted octanol–water partition coefficient (Wildman–Crippen LogP) is 4.01. The second-order valence-electron chi connectivity index (χ2n) is 6.20. The van der Waals surface area contributed by atoms with Crippen LogP contribution in [0, 0.1) is 0 Å². The van der Waals surface area contributed by atoms with Crippen molar-refractivity contribution in [3.63, 3.8) is 0 Å². The number of likely N-dealkylation sites (tertiary alicyclic amines) is 1. The molecule has 1 aliphatic rings. The van der Waals surface area contributed by atoms with Gasteiger partial charge in [-0.1, -0.05) is 24.6 Å². The Labute approximate surface area is 156 Å². The molecule has 2 heterocycles. The van der Waals surface area contributed by atoms with E-state index in [9.17, 15) is 4.79 Å². The first-order valence-corrected chi connectivity index (χ1v) is 9.37. The van der Waals surface area contributed by atoms with Gasteiger partial charge in [-0.3, -0.25) is 9.69 Å². The Kier molecular flexibility index (Phi) is 6.15. The summed E-state index contributed by atoms with van der Waals surface area (Å²) in [6.07, 6.45) is 5.10. The number of hydrogen-bond acceptors (Lipinski definition) is 4. The number of rotatable bonds is 6. The molecule has 1 aliphatic heterocycles. The molecule has 3 rings (SSSR count). The van der Waals surface area contributed by atoms with Crippen LogP contribution in [0.1, 0.15) is 41.2 Å². The van der Waals surface area contributed by atoms with Crippen molar-refractivity contribution in [2.75, 3.05) is 26.7 Å². The van der Waals surface area contributed by atoms with Crippen LogP contribution in [-0.4, -0.2) is 37.6 Å². The van der Waals surface area contributed by atoms with E-state index in [-0.39, 0.29) is 11.9 Å². The van der Waals surface area contributed by atoms with Crippen LogP contribution >= 0.6 is 15.9 Å². The summed E-state index contributed by atoms with van der Waals surface area (Å²) in [6, 6.07) is 9.81. The molecule has 1 unspecified atom stereocenters. The van der Waals surface area contributed by atoms with Crippen molar-refractivity contribution in [3.8, 4) is 5.75 Å². The van der Waals surface area contributed by atoms with Crippen LogP contribution in [0.25, 0.3) is 0 Å². The van der Waals surface area contributed by atoms with Gasteiger partial charge in [-0.25, -0.2) is 0 Å². The topological polar surface area (TPSA) is 54.7 Å². The van der Waals surface area contributed by atoms with Gasteiger partial charge in [0.05, 0.1) is 18.7 Å².